The predicted molar refractivity (Wildman–Crippen MR) is 72.8 cm³/mol. The Morgan fingerprint density at radius 1 is 1.53 bits per heavy atom. The van der Waals surface area contributed by atoms with Crippen molar-refractivity contribution in [3.63, 3.8) is 0 Å². The lowest BCUT2D eigenvalue weighted by Crippen LogP contribution is -2.29. The number of hydrogen-bond acceptors (Lipinski definition) is 5. The fourth-order valence-corrected chi connectivity index (χ4v) is 2.88. The van der Waals surface area contributed by atoms with E-state index in [4.69, 9.17) is 4.74 Å². The number of aromatic carboxylic acids is 1. The Balaban J connectivity index is 2.10. The molecular formula is C13H12N2O3S. The number of anilines is 2. The number of hydrogen-bond donors (Lipinski definition) is 1. The summed E-state index contributed by atoms with van der Waals surface area (Å²) in [7, 11) is 0. The lowest BCUT2D eigenvalue weighted by Gasteiger charge is -2.29. The number of aryl methyl sites for hydroxylation is 1. The van der Waals surface area contributed by atoms with Crippen LogP contribution in [0, 0.1) is 6.92 Å². The number of benzene rings is 1. The maximum Gasteiger partial charge on any atom is 0.339 e. The van der Waals surface area contributed by atoms with E-state index >= 15 is 0 Å². The van der Waals surface area contributed by atoms with Crippen LogP contribution in [0.4, 0.5) is 10.8 Å². The van der Waals surface area contributed by atoms with E-state index in [2.05, 4.69) is 4.98 Å². The molecule has 2 heterocycles. The van der Waals surface area contributed by atoms with Gasteiger partial charge in [0, 0.05) is 11.1 Å². The van der Waals surface area contributed by atoms with Crippen LogP contribution in [0.3, 0.4) is 0 Å². The van der Waals surface area contributed by atoms with Crippen molar-refractivity contribution in [3.05, 3.63) is 34.8 Å². The number of carbonyl (C=O) groups is 1. The average molecular weight is 276 g/mol. The number of para-hydroxylation sites is 1. The monoisotopic (exact) mass is 276 g/mol. The molecule has 1 aliphatic heterocycles. The van der Waals surface area contributed by atoms with Gasteiger partial charge in [-0.1, -0.05) is 6.07 Å². The topological polar surface area (TPSA) is 62.7 Å². The van der Waals surface area contributed by atoms with Crippen LogP contribution < -0.4 is 9.64 Å². The number of aromatic nitrogens is 1. The Kier molecular flexibility index (Phi) is 2.87. The highest BCUT2D eigenvalue weighted by molar-refractivity contribution is 7.15. The first-order valence-corrected chi connectivity index (χ1v) is 6.67. The zero-order valence-corrected chi connectivity index (χ0v) is 11.1. The Hall–Kier alpha value is -2.08. The SMILES string of the molecule is Cc1cnc(N2CCOc3c(C(=O)O)cccc32)s1. The number of carboxylic acids is 1. The third-order valence-corrected chi connectivity index (χ3v) is 3.85. The largest absolute Gasteiger partial charge is 0.489 e. The molecule has 0 saturated heterocycles. The molecule has 2 aromatic rings. The van der Waals surface area contributed by atoms with Crippen LogP contribution in [0.5, 0.6) is 5.75 Å². The van der Waals surface area contributed by atoms with Crippen LogP contribution in [-0.4, -0.2) is 29.2 Å². The molecule has 1 aromatic carbocycles. The summed E-state index contributed by atoms with van der Waals surface area (Å²) in [6.07, 6.45) is 1.82. The molecule has 0 radical (unpaired) electrons. The van der Waals surface area contributed by atoms with Gasteiger partial charge >= 0.3 is 5.97 Å². The van der Waals surface area contributed by atoms with Crippen LogP contribution in [-0.2, 0) is 0 Å². The summed E-state index contributed by atoms with van der Waals surface area (Å²) in [5.74, 6) is -0.553. The molecule has 0 aliphatic carbocycles. The first-order chi connectivity index (χ1) is 9.16. The molecule has 1 N–H and O–H groups in total. The van der Waals surface area contributed by atoms with E-state index in [9.17, 15) is 9.90 Å². The van der Waals surface area contributed by atoms with Gasteiger partial charge in [0.25, 0.3) is 0 Å². The molecule has 0 spiro atoms. The van der Waals surface area contributed by atoms with Crippen LogP contribution in [0.1, 0.15) is 15.2 Å². The Morgan fingerprint density at radius 2 is 2.37 bits per heavy atom. The van der Waals surface area contributed by atoms with E-state index in [1.165, 1.54) is 0 Å². The molecule has 0 amide bonds. The van der Waals surface area contributed by atoms with Crippen molar-refractivity contribution in [2.24, 2.45) is 0 Å². The fourth-order valence-electron chi connectivity index (χ4n) is 2.08. The Morgan fingerprint density at radius 3 is 3.05 bits per heavy atom. The molecular weight excluding hydrogens is 264 g/mol. The summed E-state index contributed by atoms with van der Waals surface area (Å²) < 4.78 is 5.53. The van der Waals surface area contributed by atoms with E-state index < -0.39 is 5.97 Å². The lowest BCUT2D eigenvalue weighted by molar-refractivity contribution is 0.0692. The second kappa shape index (κ2) is 4.55. The molecule has 6 heteroatoms. The highest BCUT2D eigenvalue weighted by Crippen LogP contribution is 2.40. The van der Waals surface area contributed by atoms with Crippen molar-refractivity contribution >= 4 is 28.1 Å². The fraction of sp³-hybridized carbons (Fsp3) is 0.231. The third kappa shape index (κ3) is 2.04. The van der Waals surface area contributed by atoms with Gasteiger partial charge in [-0.15, -0.1) is 11.3 Å². The second-order valence-corrected chi connectivity index (χ2v) is 5.43. The van der Waals surface area contributed by atoms with Crippen LogP contribution >= 0.6 is 11.3 Å². The van der Waals surface area contributed by atoms with Crippen molar-refractivity contribution < 1.29 is 14.6 Å². The number of fused-ring (bicyclic) bond motifs is 1. The van der Waals surface area contributed by atoms with Crippen molar-refractivity contribution in [3.8, 4) is 5.75 Å². The molecule has 98 valence electrons. The van der Waals surface area contributed by atoms with Gasteiger partial charge in [-0.3, -0.25) is 0 Å². The summed E-state index contributed by atoms with van der Waals surface area (Å²) in [4.78, 5) is 18.7. The molecule has 1 aliphatic rings. The summed E-state index contributed by atoms with van der Waals surface area (Å²) in [6, 6.07) is 5.14. The summed E-state index contributed by atoms with van der Waals surface area (Å²) in [5.41, 5.74) is 0.955. The number of ether oxygens (including phenoxy) is 1. The maximum atomic E-state index is 11.2. The maximum absolute atomic E-state index is 11.2. The van der Waals surface area contributed by atoms with E-state index in [0.29, 0.717) is 18.9 Å². The van der Waals surface area contributed by atoms with Crippen molar-refractivity contribution in [1.82, 2.24) is 4.98 Å². The van der Waals surface area contributed by atoms with E-state index in [-0.39, 0.29) is 5.56 Å². The molecule has 0 fully saturated rings. The third-order valence-electron chi connectivity index (χ3n) is 2.92. The lowest BCUT2D eigenvalue weighted by atomic mass is 10.1. The van der Waals surface area contributed by atoms with Crippen molar-refractivity contribution in [1.29, 1.82) is 0 Å². The molecule has 1 aromatic heterocycles. The minimum Gasteiger partial charge on any atom is -0.489 e. The minimum atomic E-state index is -0.978. The van der Waals surface area contributed by atoms with Gasteiger partial charge in [-0.05, 0) is 19.1 Å². The zero-order valence-electron chi connectivity index (χ0n) is 10.3. The highest BCUT2D eigenvalue weighted by Gasteiger charge is 2.25. The molecule has 3 rings (SSSR count). The summed E-state index contributed by atoms with van der Waals surface area (Å²) in [6.45, 7) is 3.12. The molecule has 19 heavy (non-hydrogen) atoms. The van der Waals surface area contributed by atoms with Gasteiger partial charge < -0.3 is 14.7 Å². The molecule has 5 nitrogen and oxygen atoms in total. The van der Waals surface area contributed by atoms with Crippen LogP contribution in [0.15, 0.2) is 24.4 Å². The quantitative estimate of drug-likeness (QED) is 0.913. The van der Waals surface area contributed by atoms with Crippen LogP contribution in [0.2, 0.25) is 0 Å². The second-order valence-electron chi connectivity index (χ2n) is 4.21. The first-order valence-electron chi connectivity index (χ1n) is 5.86. The van der Waals surface area contributed by atoms with Crippen molar-refractivity contribution in [2.45, 2.75) is 6.92 Å². The number of thiazole rings is 1. The van der Waals surface area contributed by atoms with Crippen molar-refractivity contribution in [2.75, 3.05) is 18.1 Å². The number of nitrogens with zero attached hydrogens (tertiary/aromatic N) is 2. The average Bonchev–Trinajstić information content (AvgIpc) is 2.83. The standard InChI is InChI=1S/C13H12N2O3S/c1-8-7-14-13(19-8)15-5-6-18-11-9(12(16)17)3-2-4-10(11)15/h2-4,7H,5-6H2,1H3,(H,16,17). The van der Waals surface area contributed by atoms with Crippen LogP contribution in [0.25, 0.3) is 0 Å². The molecule has 0 saturated carbocycles. The Labute approximate surface area is 114 Å². The predicted octanol–water partition coefficient (Wildman–Crippen LogP) is 2.68. The highest BCUT2D eigenvalue weighted by atomic mass is 32.1. The van der Waals surface area contributed by atoms with Gasteiger partial charge in [0.2, 0.25) is 0 Å². The minimum absolute atomic E-state index is 0.190. The smallest absolute Gasteiger partial charge is 0.339 e. The van der Waals surface area contributed by atoms with Gasteiger partial charge in [-0.2, -0.15) is 0 Å². The molecule has 0 bridgehead atoms. The van der Waals surface area contributed by atoms with E-state index in [1.807, 2.05) is 24.1 Å². The molecule has 0 unspecified atom stereocenters. The van der Waals surface area contributed by atoms with E-state index in [1.54, 1.807) is 23.5 Å². The van der Waals surface area contributed by atoms with Gasteiger partial charge in [0.15, 0.2) is 10.9 Å². The zero-order chi connectivity index (χ0) is 13.4. The number of rotatable bonds is 2. The molecule has 0 atom stereocenters. The van der Waals surface area contributed by atoms with Gasteiger partial charge in [-0.25, -0.2) is 9.78 Å². The van der Waals surface area contributed by atoms with Gasteiger partial charge in [0.05, 0.1) is 12.2 Å². The number of carboxylic acid groups (broad SMARTS) is 1. The Bertz CT molecular complexity index is 639. The summed E-state index contributed by atoms with van der Waals surface area (Å²) >= 11 is 1.58. The normalized spacial score (nSPS) is 13.8. The first kappa shape index (κ1) is 12.0. The van der Waals surface area contributed by atoms with E-state index in [0.717, 1.165) is 15.7 Å². The van der Waals surface area contributed by atoms with Gasteiger partial charge in [0.1, 0.15) is 12.2 Å². The summed E-state index contributed by atoms with van der Waals surface area (Å²) in [5, 5.41) is 10.1.